The first-order valence-electron chi connectivity index (χ1n) is 5.91. The van der Waals surface area contributed by atoms with Crippen LogP contribution < -0.4 is 5.32 Å². The lowest BCUT2D eigenvalue weighted by Crippen LogP contribution is -2.43. The summed E-state index contributed by atoms with van der Waals surface area (Å²) in [5.41, 5.74) is 1.87. The summed E-state index contributed by atoms with van der Waals surface area (Å²) in [5, 5.41) is 2.92. The number of benzene rings is 1. The molecule has 1 heterocycles. The molecule has 4 heteroatoms. The molecule has 1 aromatic carbocycles. The Hall–Kier alpha value is -1.39. The minimum Gasteiger partial charge on any atom is -0.379 e. The third-order valence-corrected chi connectivity index (χ3v) is 2.88. The number of hydrogen-bond acceptors (Lipinski definition) is 3. The third kappa shape index (κ3) is 3.54. The second-order valence-corrected chi connectivity index (χ2v) is 4.26. The van der Waals surface area contributed by atoms with Gasteiger partial charge in [-0.15, -0.1) is 0 Å². The van der Waals surface area contributed by atoms with E-state index in [-0.39, 0.29) is 5.91 Å². The SMILES string of the molecule is Cc1ccc(C(=O)NCN2CCOCC2)cc1. The first kappa shape index (κ1) is 12.1. The van der Waals surface area contributed by atoms with Gasteiger partial charge in [0.25, 0.3) is 5.91 Å². The smallest absolute Gasteiger partial charge is 0.252 e. The minimum atomic E-state index is -0.0171. The topological polar surface area (TPSA) is 41.6 Å². The maximum absolute atomic E-state index is 11.8. The van der Waals surface area contributed by atoms with Gasteiger partial charge in [-0.1, -0.05) is 17.7 Å². The van der Waals surface area contributed by atoms with Crippen molar-refractivity contribution in [3.63, 3.8) is 0 Å². The average Bonchev–Trinajstić information content (AvgIpc) is 2.38. The molecule has 0 radical (unpaired) electrons. The van der Waals surface area contributed by atoms with Crippen molar-refractivity contribution in [2.45, 2.75) is 6.92 Å². The van der Waals surface area contributed by atoms with Crippen LogP contribution in [0.1, 0.15) is 15.9 Å². The van der Waals surface area contributed by atoms with Crippen molar-refractivity contribution >= 4 is 5.91 Å². The Kier molecular flexibility index (Phi) is 4.12. The highest BCUT2D eigenvalue weighted by molar-refractivity contribution is 5.94. The van der Waals surface area contributed by atoms with Crippen LogP contribution in [0.15, 0.2) is 24.3 Å². The number of morpholine rings is 1. The molecule has 0 aromatic heterocycles. The molecule has 4 nitrogen and oxygen atoms in total. The van der Waals surface area contributed by atoms with E-state index in [0.29, 0.717) is 12.2 Å². The molecule has 0 unspecified atom stereocenters. The molecule has 1 amide bonds. The van der Waals surface area contributed by atoms with Gasteiger partial charge >= 0.3 is 0 Å². The zero-order valence-corrected chi connectivity index (χ0v) is 10.1. The molecule has 0 saturated carbocycles. The fourth-order valence-corrected chi connectivity index (χ4v) is 1.75. The second kappa shape index (κ2) is 5.80. The Bertz CT molecular complexity index is 370. The van der Waals surface area contributed by atoms with Crippen LogP contribution in [-0.4, -0.2) is 43.8 Å². The van der Waals surface area contributed by atoms with E-state index >= 15 is 0 Å². The van der Waals surface area contributed by atoms with Crippen LogP contribution in [0.5, 0.6) is 0 Å². The number of aryl methyl sites for hydroxylation is 1. The van der Waals surface area contributed by atoms with Crippen LogP contribution >= 0.6 is 0 Å². The van der Waals surface area contributed by atoms with Crippen LogP contribution in [0.25, 0.3) is 0 Å². The molecule has 0 bridgehead atoms. The molecule has 17 heavy (non-hydrogen) atoms. The molecule has 0 atom stereocenters. The molecule has 1 saturated heterocycles. The molecule has 1 fully saturated rings. The molecule has 1 aromatic rings. The highest BCUT2D eigenvalue weighted by Gasteiger charge is 2.11. The summed E-state index contributed by atoms with van der Waals surface area (Å²) in [6, 6.07) is 7.60. The number of hydrogen-bond donors (Lipinski definition) is 1. The van der Waals surface area contributed by atoms with Gasteiger partial charge in [0.05, 0.1) is 19.9 Å². The van der Waals surface area contributed by atoms with Gasteiger partial charge in [-0.3, -0.25) is 9.69 Å². The lowest BCUT2D eigenvalue weighted by Gasteiger charge is -2.26. The third-order valence-electron chi connectivity index (χ3n) is 2.88. The summed E-state index contributed by atoms with van der Waals surface area (Å²) in [5.74, 6) is -0.0171. The highest BCUT2D eigenvalue weighted by Crippen LogP contribution is 2.03. The van der Waals surface area contributed by atoms with E-state index in [1.165, 1.54) is 0 Å². The minimum absolute atomic E-state index is 0.0171. The van der Waals surface area contributed by atoms with E-state index in [1.54, 1.807) is 0 Å². The number of amides is 1. The van der Waals surface area contributed by atoms with Gasteiger partial charge in [-0.2, -0.15) is 0 Å². The monoisotopic (exact) mass is 234 g/mol. The van der Waals surface area contributed by atoms with Gasteiger partial charge in [0.1, 0.15) is 0 Å². The summed E-state index contributed by atoms with van der Waals surface area (Å²) < 4.78 is 5.25. The van der Waals surface area contributed by atoms with Gasteiger partial charge in [0.15, 0.2) is 0 Å². The summed E-state index contributed by atoms with van der Waals surface area (Å²) >= 11 is 0. The number of carbonyl (C=O) groups is 1. The predicted octanol–water partition coefficient (Wildman–Crippen LogP) is 1.01. The van der Waals surface area contributed by atoms with Crippen molar-refractivity contribution in [3.05, 3.63) is 35.4 Å². The second-order valence-electron chi connectivity index (χ2n) is 4.26. The molecule has 1 aliphatic heterocycles. The molecule has 1 N–H and O–H groups in total. The quantitative estimate of drug-likeness (QED) is 0.849. The van der Waals surface area contributed by atoms with Crippen LogP contribution in [0.4, 0.5) is 0 Å². The van der Waals surface area contributed by atoms with Crippen molar-refractivity contribution < 1.29 is 9.53 Å². The van der Waals surface area contributed by atoms with Crippen LogP contribution in [0, 0.1) is 6.92 Å². The van der Waals surface area contributed by atoms with E-state index in [4.69, 9.17) is 4.74 Å². The van der Waals surface area contributed by atoms with Gasteiger partial charge in [0, 0.05) is 18.7 Å². The number of ether oxygens (including phenoxy) is 1. The lowest BCUT2D eigenvalue weighted by atomic mass is 10.1. The van der Waals surface area contributed by atoms with Crippen molar-refractivity contribution in [2.75, 3.05) is 33.0 Å². The number of nitrogens with one attached hydrogen (secondary N) is 1. The maximum atomic E-state index is 11.8. The summed E-state index contributed by atoms with van der Waals surface area (Å²) in [6.45, 7) is 5.87. The molecular weight excluding hydrogens is 216 g/mol. The molecule has 0 spiro atoms. The molecular formula is C13H18N2O2. The fraction of sp³-hybridized carbons (Fsp3) is 0.462. The Morgan fingerprint density at radius 1 is 1.29 bits per heavy atom. The van der Waals surface area contributed by atoms with Crippen LogP contribution in [0.2, 0.25) is 0 Å². The van der Waals surface area contributed by atoms with E-state index in [9.17, 15) is 4.79 Å². The van der Waals surface area contributed by atoms with Gasteiger partial charge < -0.3 is 10.1 Å². The Balaban J connectivity index is 1.82. The zero-order valence-electron chi connectivity index (χ0n) is 10.1. The van der Waals surface area contributed by atoms with E-state index in [2.05, 4.69) is 10.2 Å². The average molecular weight is 234 g/mol. The van der Waals surface area contributed by atoms with Crippen molar-refractivity contribution in [1.82, 2.24) is 10.2 Å². The first-order valence-corrected chi connectivity index (χ1v) is 5.91. The Morgan fingerprint density at radius 3 is 2.59 bits per heavy atom. The summed E-state index contributed by atoms with van der Waals surface area (Å²) in [6.07, 6.45) is 0. The van der Waals surface area contributed by atoms with Gasteiger partial charge in [-0.25, -0.2) is 0 Å². The summed E-state index contributed by atoms with van der Waals surface area (Å²) in [7, 11) is 0. The van der Waals surface area contributed by atoms with E-state index in [0.717, 1.165) is 31.9 Å². The largest absolute Gasteiger partial charge is 0.379 e. The number of carbonyl (C=O) groups excluding carboxylic acids is 1. The molecule has 92 valence electrons. The highest BCUT2D eigenvalue weighted by atomic mass is 16.5. The Labute approximate surface area is 102 Å². The predicted molar refractivity (Wildman–Crippen MR) is 65.9 cm³/mol. The number of rotatable bonds is 3. The fourth-order valence-electron chi connectivity index (χ4n) is 1.75. The molecule has 1 aliphatic rings. The van der Waals surface area contributed by atoms with E-state index < -0.39 is 0 Å². The van der Waals surface area contributed by atoms with Crippen LogP contribution in [0.3, 0.4) is 0 Å². The molecule has 0 aliphatic carbocycles. The Morgan fingerprint density at radius 2 is 1.94 bits per heavy atom. The lowest BCUT2D eigenvalue weighted by molar-refractivity contribution is 0.0334. The van der Waals surface area contributed by atoms with Gasteiger partial charge in [0.2, 0.25) is 0 Å². The van der Waals surface area contributed by atoms with Crippen molar-refractivity contribution in [3.8, 4) is 0 Å². The van der Waals surface area contributed by atoms with Gasteiger partial charge in [-0.05, 0) is 19.1 Å². The van der Waals surface area contributed by atoms with E-state index in [1.807, 2.05) is 31.2 Å². The van der Waals surface area contributed by atoms with Crippen molar-refractivity contribution in [1.29, 1.82) is 0 Å². The summed E-state index contributed by atoms with van der Waals surface area (Å²) in [4.78, 5) is 14.0. The standard InChI is InChI=1S/C13H18N2O2/c1-11-2-4-12(5-3-11)13(16)14-10-15-6-8-17-9-7-15/h2-5H,6-10H2,1H3,(H,14,16). The van der Waals surface area contributed by atoms with Crippen molar-refractivity contribution in [2.24, 2.45) is 0 Å². The maximum Gasteiger partial charge on any atom is 0.252 e. The van der Waals surface area contributed by atoms with Crippen LogP contribution in [-0.2, 0) is 4.74 Å². The first-order chi connectivity index (χ1) is 8.25. The number of nitrogens with zero attached hydrogens (tertiary/aromatic N) is 1. The molecule has 2 rings (SSSR count). The zero-order chi connectivity index (χ0) is 12.1. The normalized spacial score (nSPS) is 16.8.